The van der Waals surface area contributed by atoms with Crippen molar-refractivity contribution < 1.29 is 9.53 Å². The van der Waals surface area contributed by atoms with Crippen molar-refractivity contribution in [2.24, 2.45) is 0 Å². The molecule has 2 aromatic carbocycles. The molecule has 0 radical (unpaired) electrons. The van der Waals surface area contributed by atoms with Crippen LogP contribution in [0.15, 0.2) is 47.6 Å². The van der Waals surface area contributed by atoms with Crippen molar-refractivity contribution in [3.63, 3.8) is 0 Å². The number of benzene rings is 2. The molecule has 0 unspecified atom stereocenters. The summed E-state index contributed by atoms with van der Waals surface area (Å²) in [4.78, 5) is 20.0. The SMILES string of the molecule is COc1ccc(C(=O)CSc2nnc3c(n2)[nH]c2ccccc23)cc1Cl. The van der Waals surface area contributed by atoms with Crippen LogP contribution in [0.25, 0.3) is 22.1 Å². The van der Waals surface area contributed by atoms with Gasteiger partial charge in [0.15, 0.2) is 11.4 Å². The van der Waals surface area contributed by atoms with Gasteiger partial charge in [-0.1, -0.05) is 41.6 Å². The fourth-order valence-corrected chi connectivity index (χ4v) is 3.56. The van der Waals surface area contributed by atoms with Crippen molar-refractivity contribution in [2.75, 3.05) is 12.9 Å². The van der Waals surface area contributed by atoms with Gasteiger partial charge < -0.3 is 9.72 Å². The monoisotopic (exact) mass is 384 g/mol. The van der Waals surface area contributed by atoms with E-state index in [0.717, 1.165) is 16.4 Å². The number of para-hydroxylation sites is 1. The number of hydrogen-bond donors (Lipinski definition) is 1. The number of ketones is 1. The van der Waals surface area contributed by atoms with E-state index in [1.165, 1.54) is 18.9 Å². The number of nitrogens with zero attached hydrogens (tertiary/aromatic N) is 3. The molecule has 0 saturated heterocycles. The molecular weight excluding hydrogens is 372 g/mol. The maximum absolute atomic E-state index is 12.4. The van der Waals surface area contributed by atoms with Crippen LogP contribution in [0.1, 0.15) is 10.4 Å². The van der Waals surface area contributed by atoms with E-state index in [1.807, 2.05) is 24.3 Å². The number of aromatic nitrogens is 4. The summed E-state index contributed by atoms with van der Waals surface area (Å²) in [5.41, 5.74) is 2.85. The number of thioether (sulfide) groups is 1. The van der Waals surface area contributed by atoms with Crippen LogP contribution in [0.5, 0.6) is 5.75 Å². The number of carbonyl (C=O) groups is 1. The Kier molecular flexibility index (Phi) is 4.48. The van der Waals surface area contributed by atoms with Crippen LogP contribution in [0.2, 0.25) is 5.02 Å². The van der Waals surface area contributed by atoms with E-state index < -0.39 is 0 Å². The van der Waals surface area contributed by atoms with Crippen molar-refractivity contribution in [3.05, 3.63) is 53.1 Å². The zero-order valence-corrected chi connectivity index (χ0v) is 15.3. The van der Waals surface area contributed by atoms with Crippen molar-refractivity contribution >= 4 is 51.2 Å². The van der Waals surface area contributed by atoms with E-state index in [-0.39, 0.29) is 11.5 Å². The Morgan fingerprint density at radius 3 is 2.88 bits per heavy atom. The topological polar surface area (TPSA) is 80.8 Å². The van der Waals surface area contributed by atoms with Gasteiger partial charge in [0.25, 0.3) is 0 Å². The van der Waals surface area contributed by atoms with E-state index in [2.05, 4.69) is 20.2 Å². The average Bonchev–Trinajstić information content (AvgIpc) is 3.03. The number of rotatable bonds is 5. The van der Waals surface area contributed by atoms with Gasteiger partial charge in [-0.15, -0.1) is 10.2 Å². The summed E-state index contributed by atoms with van der Waals surface area (Å²) in [6, 6.07) is 12.8. The van der Waals surface area contributed by atoms with Crippen LogP contribution in [0, 0.1) is 0 Å². The summed E-state index contributed by atoms with van der Waals surface area (Å²) in [6.07, 6.45) is 0. The van der Waals surface area contributed by atoms with Gasteiger partial charge in [0, 0.05) is 16.5 Å². The highest BCUT2D eigenvalue weighted by Crippen LogP contribution is 2.27. The van der Waals surface area contributed by atoms with Crippen molar-refractivity contribution in [3.8, 4) is 5.75 Å². The Balaban J connectivity index is 1.53. The van der Waals surface area contributed by atoms with E-state index >= 15 is 0 Å². The number of halogens is 1. The Morgan fingerprint density at radius 1 is 1.23 bits per heavy atom. The molecule has 0 aliphatic carbocycles. The number of H-pyrrole nitrogens is 1. The first-order valence-electron chi connectivity index (χ1n) is 7.76. The third kappa shape index (κ3) is 3.11. The van der Waals surface area contributed by atoms with Gasteiger partial charge in [-0.2, -0.15) is 0 Å². The van der Waals surface area contributed by atoms with Gasteiger partial charge in [-0.25, -0.2) is 4.98 Å². The second-order valence-corrected chi connectivity index (χ2v) is 6.87. The third-order valence-electron chi connectivity index (χ3n) is 3.91. The zero-order valence-electron chi connectivity index (χ0n) is 13.7. The van der Waals surface area contributed by atoms with Crippen LogP contribution in [0.3, 0.4) is 0 Å². The number of methoxy groups -OCH3 is 1. The maximum Gasteiger partial charge on any atom is 0.211 e. The second-order valence-electron chi connectivity index (χ2n) is 5.52. The molecule has 6 nitrogen and oxygen atoms in total. The molecule has 8 heteroatoms. The van der Waals surface area contributed by atoms with Gasteiger partial charge >= 0.3 is 0 Å². The van der Waals surface area contributed by atoms with E-state index in [4.69, 9.17) is 16.3 Å². The van der Waals surface area contributed by atoms with Gasteiger partial charge in [-0.05, 0) is 24.3 Å². The Hall–Kier alpha value is -2.64. The highest BCUT2D eigenvalue weighted by molar-refractivity contribution is 7.99. The number of ether oxygens (including phenoxy) is 1. The lowest BCUT2D eigenvalue weighted by molar-refractivity contribution is 0.102. The lowest BCUT2D eigenvalue weighted by atomic mass is 10.1. The average molecular weight is 385 g/mol. The van der Waals surface area contributed by atoms with Gasteiger partial charge in [0.05, 0.1) is 17.9 Å². The maximum atomic E-state index is 12.4. The van der Waals surface area contributed by atoms with Crippen LogP contribution in [-0.4, -0.2) is 38.8 Å². The Labute approximate surface area is 157 Å². The standard InChI is InChI=1S/C18H13ClN4O2S/c1-25-15-7-6-10(8-12(15)19)14(24)9-26-18-21-17-16(22-23-18)11-4-2-3-5-13(11)20-17/h2-8H,9H2,1H3,(H,20,21,23). The fourth-order valence-electron chi connectivity index (χ4n) is 2.62. The molecule has 2 aromatic heterocycles. The lowest BCUT2D eigenvalue weighted by Crippen LogP contribution is -2.04. The van der Waals surface area contributed by atoms with Gasteiger partial charge in [0.1, 0.15) is 11.3 Å². The van der Waals surface area contributed by atoms with E-state index in [9.17, 15) is 4.79 Å². The summed E-state index contributed by atoms with van der Waals surface area (Å²) < 4.78 is 5.09. The minimum Gasteiger partial charge on any atom is -0.495 e. The predicted octanol–water partition coefficient (Wildman–Crippen LogP) is 4.14. The molecule has 0 amide bonds. The van der Waals surface area contributed by atoms with Gasteiger partial charge in [-0.3, -0.25) is 4.79 Å². The molecule has 0 fully saturated rings. The molecular formula is C18H13ClN4O2S. The zero-order chi connectivity index (χ0) is 18.1. The van der Waals surface area contributed by atoms with Crippen molar-refractivity contribution in [1.82, 2.24) is 20.2 Å². The number of Topliss-reactive ketones (excluding diaryl/α,β-unsaturated/α-hetero) is 1. The highest BCUT2D eigenvalue weighted by atomic mass is 35.5. The summed E-state index contributed by atoms with van der Waals surface area (Å²) >= 11 is 7.31. The molecule has 0 aliphatic heterocycles. The quantitative estimate of drug-likeness (QED) is 0.411. The molecule has 2 heterocycles. The van der Waals surface area contributed by atoms with Crippen LogP contribution in [0.4, 0.5) is 0 Å². The van der Waals surface area contributed by atoms with E-state index in [0.29, 0.717) is 27.1 Å². The first-order chi connectivity index (χ1) is 12.7. The Morgan fingerprint density at radius 2 is 2.08 bits per heavy atom. The number of fused-ring (bicyclic) bond motifs is 3. The summed E-state index contributed by atoms with van der Waals surface area (Å²) in [6.45, 7) is 0. The van der Waals surface area contributed by atoms with Crippen LogP contribution in [-0.2, 0) is 0 Å². The first-order valence-corrected chi connectivity index (χ1v) is 9.13. The first kappa shape index (κ1) is 16.8. The number of aromatic amines is 1. The molecule has 0 atom stereocenters. The summed E-state index contributed by atoms with van der Waals surface area (Å²) in [5.74, 6) is 0.656. The van der Waals surface area contributed by atoms with Crippen LogP contribution < -0.4 is 4.74 Å². The predicted molar refractivity (Wildman–Crippen MR) is 102 cm³/mol. The molecule has 0 aliphatic rings. The molecule has 26 heavy (non-hydrogen) atoms. The molecule has 0 bridgehead atoms. The van der Waals surface area contributed by atoms with Crippen molar-refractivity contribution in [1.29, 1.82) is 0 Å². The number of nitrogens with one attached hydrogen (secondary N) is 1. The molecule has 4 aromatic rings. The summed E-state index contributed by atoms with van der Waals surface area (Å²) in [5, 5.41) is 10.2. The molecule has 1 N–H and O–H groups in total. The summed E-state index contributed by atoms with van der Waals surface area (Å²) in [7, 11) is 1.53. The highest BCUT2D eigenvalue weighted by Gasteiger charge is 2.13. The second kappa shape index (κ2) is 6.93. The molecule has 130 valence electrons. The third-order valence-corrected chi connectivity index (χ3v) is 5.04. The Bertz CT molecular complexity index is 1130. The smallest absolute Gasteiger partial charge is 0.211 e. The number of hydrogen-bond acceptors (Lipinski definition) is 6. The molecule has 0 spiro atoms. The van der Waals surface area contributed by atoms with Crippen molar-refractivity contribution in [2.45, 2.75) is 5.16 Å². The molecule has 0 saturated carbocycles. The largest absolute Gasteiger partial charge is 0.495 e. The molecule has 4 rings (SSSR count). The minimum absolute atomic E-state index is 0.0695. The lowest BCUT2D eigenvalue weighted by Gasteiger charge is -2.05. The van der Waals surface area contributed by atoms with Gasteiger partial charge in [0.2, 0.25) is 5.16 Å². The normalized spacial score (nSPS) is 11.2. The minimum atomic E-state index is -0.0695. The van der Waals surface area contributed by atoms with E-state index in [1.54, 1.807) is 18.2 Å². The number of carbonyl (C=O) groups excluding carboxylic acids is 1. The fraction of sp³-hybridized carbons (Fsp3) is 0.111. The van der Waals surface area contributed by atoms with Crippen LogP contribution >= 0.6 is 23.4 Å².